The molecule has 4 aromatic rings. The van der Waals surface area contributed by atoms with E-state index in [1.807, 2.05) is 0 Å². The predicted octanol–water partition coefficient (Wildman–Crippen LogP) is 5.64. The Bertz CT molecular complexity index is 1390. The molecule has 0 amide bonds. The molecule has 4 aromatic carbocycles. The van der Waals surface area contributed by atoms with Gasteiger partial charge in [0.05, 0.1) is 0 Å². The minimum absolute atomic E-state index is 0.161. The van der Waals surface area contributed by atoms with Gasteiger partial charge in [0, 0.05) is 23.3 Å². The van der Waals surface area contributed by atoms with Gasteiger partial charge in [-0.1, -0.05) is 95.0 Å². The van der Waals surface area contributed by atoms with Crippen LogP contribution in [0.1, 0.15) is 45.2 Å². The molecule has 0 aromatic heterocycles. The van der Waals surface area contributed by atoms with Crippen molar-refractivity contribution in [3.8, 4) is 0 Å². The van der Waals surface area contributed by atoms with Crippen molar-refractivity contribution in [2.75, 3.05) is 0 Å². The third-order valence-corrected chi connectivity index (χ3v) is 7.82. The van der Waals surface area contributed by atoms with Crippen LogP contribution in [0, 0.1) is 11.6 Å². The Labute approximate surface area is 236 Å². The predicted molar refractivity (Wildman–Crippen MR) is 149 cm³/mol. The summed E-state index contributed by atoms with van der Waals surface area (Å²) in [5.41, 5.74) is 3.63. The highest BCUT2D eigenvalue weighted by Gasteiger charge is 2.30. The number of carbonyl (C=O) groups is 1. The number of Topliss-reactive ketones (excluding diaryl/α,β-unsaturated/α-hetero) is 1. The zero-order valence-electron chi connectivity index (χ0n) is 21.3. The van der Waals surface area contributed by atoms with E-state index in [-0.39, 0.29) is 30.1 Å². The average molecular weight is 581 g/mol. The van der Waals surface area contributed by atoms with Gasteiger partial charge in [0.2, 0.25) is 0 Å². The number of rotatable bonds is 12. The zero-order chi connectivity index (χ0) is 28.6. The van der Waals surface area contributed by atoms with Gasteiger partial charge >= 0.3 is 0 Å². The van der Waals surface area contributed by atoms with E-state index in [0.29, 0.717) is 33.4 Å². The summed E-state index contributed by atoms with van der Waals surface area (Å²) in [4.78, 5) is 14.4. The maximum Gasteiger partial charge on any atom is 0.148 e. The van der Waals surface area contributed by atoms with Crippen molar-refractivity contribution in [2.45, 2.75) is 36.2 Å². The lowest BCUT2D eigenvalue weighted by atomic mass is 9.78. The van der Waals surface area contributed by atoms with Gasteiger partial charge in [0.1, 0.15) is 17.4 Å². The summed E-state index contributed by atoms with van der Waals surface area (Å²) in [5.74, 6) is -2.81. The van der Waals surface area contributed by atoms with Crippen LogP contribution in [0.15, 0.2) is 97.1 Å². The van der Waals surface area contributed by atoms with Gasteiger partial charge in [0.25, 0.3) is 0 Å². The van der Waals surface area contributed by atoms with Crippen LogP contribution in [-0.4, -0.2) is 23.3 Å². The van der Waals surface area contributed by atoms with Gasteiger partial charge in [-0.15, -0.1) is 0 Å². The van der Waals surface area contributed by atoms with E-state index in [4.69, 9.17) is 0 Å². The van der Waals surface area contributed by atoms with Gasteiger partial charge in [-0.3, -0.25) is 13.2 Å². The molecule has 0 saturated heterocycles. The first-order chi connectivity index (χ1) is 19.2. The van der Waals surface area contributed by atoms with Crippen LogP contribution in [0.25, 0.3) is 0 Å². The topological polar surface area (TPSA) is 97.3 Å². The maximum absolute atomic E-state index is 14.4. The van der Waals surface area contributed by atoms with Crippen molar-refractivity contribution in [1.29, 1.82) is 0 Å². The molecule has 0 bridgehead atoms. The zero-order valence-corrected chi connectivity index (χ0v) is 23.0. The first kappa shape index (κ1) is 29.6. The summed E-state index contributed by atoms with van der Waals surface area (Å²) in [5, 5.41) is 0. The molecule has 4 atom stereocenters. The highest BCUT2D eigenvalue weighted by molar-refractivity contribution is 7.78. The lowest BCUT2D eigenvalue weighted by Gasteiger charge is -2.24. The minimum Gasteiger partial charge on any atom is -0.772 e. The molecule has 0 saturated carbocycles. The molecule has 5 nitrogen and oxygen atoms in total. The molecule has 208 valence electrons. The van der Waals surface area contributed by atoms with Gasteiger partial charge in [-0.25, -0.2) is 8.78 Å². The standard InChI is InChI=1S/C31H28F2O5S2/c32-27-5-1-3-23(15-27)17-29(25-11-7-21(8-12-25)19-39(35)36)31(34)30(18-24-4-2-6-28(33)16-24)26-13-9-22(10-14-26)20-40(37)38/h1-16,29-30H,17-20H2,(H,35,36)(H,37,38)/p-2. The second-order valence-corrected chi connectivity index (χ2v) is 11.3. The van der Waals surface area contributed by atoms with Gasteiger partial charge in [-0.05, 0) is 70.5 Å². The van der Waals surface area contributed by atoms with Crippen LogP contribution >= 0.6 is 0 Å². The lowest BCUT2D eigenvalue weighted by Crippen LogP contribution is -2.24. The van der Waals surface area contributed by atoms with Crippen molar-refractivity contribution < 1.29 is 31.1 Å². The fourth-order valence-electron chi connectivity index (χ4n) is 4.77. The van der Waals surface area contributed by atoms with Gasteiger partial charge in [-0.2, -0.15) is 0 Å². The normalized spacial score (nSPS) is 14.3. The van der Waals surface area contributed by atoms with E-state index in [0.717, 1.165) is 0 Å². The Morgan fingerprint density at radius 1 is 0.600 bits per heavy atom. The van der Waals surface area contributed by atoms with E-state index in [1.54, 1.807) is 72.8 Å². The Morgan fingerprint density at radius 3 is 1.30 bits per heavy atom. The van der Waals surface area contributed by atoms with Crippen molar-refractivity contribution in [3.05, 3.63) is 142 Å². The number of hydrogen-bond donors (Lipinski definition) is 0. The Morgan fingerprint density at radius 2 is 0.975 bits per heavy atom. The highest BCUT2D eigenvalue weighted by atomic mass is 32.2. The van der Waals surface area contributed by atoms with E-state index >= 15 is 0 Å². The number of carbonyl (C=O) groups excluding carboxylic acids is 1. The molecule has 40 heavy (non-hydrogen) atoms. The van der Waals surface area contributed by atoms with Crippen LogP contribution in [0.3, 0.4) is 0 Å². The SMILES string of the molecule is O=C(C(Cc1cccc(F)c1)c1ccc(CS(=O)[O-])cc1)C(Cc1cccc(F)c1)c1ccc(CS(=O)[O-])cc1. The van der Waals surface area contributed by atoms with Crippen LogP contribution in [0.5, 0.6) is 0 Å². The molecule has 0 heterocycles. The maximum atomic E-state index is 14.4. The van der Waals surface area contributed by atoms with Crippen LogP contribution in [-0.2, 0) is 51.3 Å². The van der Waals surface area contributed by atoms with Crippen molar-refractivity contribution in [2.24, 2.45) is 0 Å². The molecule has 0 radical (unpaired) electrons. The first-order valence-electron chi connectivity index (χ1n) is 12.5. The van der Waals surface area contributed by atoms with Crippen molar-refractivity contribution in [3.63, 3.8) is 0 Å². The van der Waals surface area contributed by atoms with Crippen LogP contribution < -0.4 is 0 Å². The quantitative estimate of drug-likeness (QED) is 0.202. The van der Waals surface area contributed by atoms with E-state index in [9.17, 15) is 31.1 Å². The Balaban J connectivity index is 1.75. The number of halogens is 2. The molecule has 0 aliphatic heterocycles. The summed E-state index contributed by atoms with van der Waals surface area (Å²) < 4.78 is 72.7. The number of benzene rings is 4. The molecular formula is C31H26F2O5S2-2. The summed E-state index contributed by atoms with van der Waals surface area (Å²) in [7, 11) is 0. The third-order valence-electron chi connectivity index (χ3n) is 6.68. The van der Waals surface area contributed by atoms with Gasteiger partial charge in [0.15, 0.2) is 0 Å². The monoisotopic (exact) mass is 580 g/mol. The lowest BCUT2D eigenvalue weighted by molar-refractivity contribution is -0.122. The molecular weight excluding hydrogens is 554 g/mol. The molecule has 4 rings (SSSR count). The largest absolute Gasteiger partial charge is 0.772 e. The molecule has 9 heteroatoms. The number of hydrogen-bond acceptors (Lipinski definition) is 5. The average Bonchev–Trinajstić information content (AvgIpc) is 2.91. The minimum atomic E-state index is -2.27. The first-order valence-corrected chi connectivity index (χ1v) is 15.0. The molecule has 0 aliphatic rings. The third kappa shape index (κ3) is 8.32. The summed E-state index contributed by atoms with van der Waals surface area (Å²) >= 11 is -4.53. The number of ketones is 1. The fourth-order valence-corrected chi connectivity index (χ4v) is 5.70. The second kappa shape index (κ2) is 13.8. The Kier molecular flexibility index (Phi) is 10.2. The summed E-state index contributed by atoms with van der Waals surface area (Å²) in [6, 6.07) is 25.4. The second-order valence-electron chi connectivity index (χ2n) is 9.55. The van der Waals surface area contributed by atoms with E-state index in [1.165, 1.54) is 24.3 Å². The van der Waals surface area contributed by atoms with E-state index < -0.39 is 45.6 Å². The summed E-state index contributed by atoms with van der Waals surface area (Å²) in [6.07, 6.45) is 0.382. The van der Waals surface area contributed by atoms with Crippen molar-refractivity contribution >= 4 is 27.9 Å². The van der Waals surface area contributed by atoms with Crippen LogP contribution in [0.4, 0.5) is 8.78 Å². The molecule has 0 N–H and O–H groups in total. The van der Waals surface area contributed by atoms with Gasteiger partial charge < -0.3 is 9.11 Å². The highest BCUT2D eigenvalue weighted by Crippen LogP contribution is 2.33. The molecule has 4 unspecified atom stereocenters. The summed E-state index contributed by atoms with van der Waals surface area (Å²) in [6.45, 7) is 0. The Hall–Kier alpha value is -3.37. The molecule has 0 aliphatic carbocycles. The molecule has 0 spiro atoms. The fraction of sp³-hybridized carbons (Fsp3) is 0.194. The van der Waals surface area contributed by atoms with Crippen molar-refractivity contribution in [1.82, 2.24) is 0 Å². The van der Waals surface area contributed by atoms with E-state index in [2.05, 4.69) is 0 Å². The smallest absolute Gasteiger partial charge is 0.148 e. The van der Waals surface area contributed by atoms with Crippen LogP contribution in [0.2, 0.25) is 0 Å². The molecule has 0 fully saturated rings.